The van der Waals surface area contributed by atoms with Crippen molar-refractivity contribution in [2.45, 2.75) is 35.9 Å². The van der Waals surface area contributed by atoms with E-state index >= 15 is 0 Å². The number of rotatable bonds is 3. The van der Waals surface area contributed by atoms with E-state index < -0.39 is 5.79 Å². The van der Waals surface area contributed by atoms with Crippen molar-refractivity contribution >= 4 is 0 Å². The zero-order valence-electron chi connectivity index (χ0n) is 16.0. The molecule has 4 aliphatic rings. The molecule has 4 heteroatoms. The van der Waals surface area contributed by atoms with E-state index in [4.69, 9.17) is 14.2 Å². The van der Waals surface area contributed by atoms with E-state index in [0.717, 1.165) is 5.75 Å². The average Bonchev–Trinajstić information content (AvgIpc) is 3.20. The standard InChI is InChI=1S/C24H23NO3/c1-26-19-11-9-18(10-12-19)23-21-4-2-3-20(21)22(23,24(23)27-13-14-28-24)17-7-5-16(15-25)6-8-17/h5-12,20-21H,2-4,13-14H2,1H3/t20-,21+,22+,23-/m0/s1. The van der Waals surface area contributed by atoms with Crippen LogP contribution in [-0.2, 0) is 20.3 Å². The highest BCUT2D eigenvalue weighted by Crippen LogP contribution is 2.92. The van der Waals surface area contributed by atoms with Crippen LogP contribution in [0.25, 0.3) is 0 Å². The number of ether oxygens (including phenoxy) is 3. The Morgan fingerprint density at radius 3 is 1.93 bits per heavy atom. The molecular weight excluding hydrogens is 350 g/mol. The molecule has 1 saturated heterocycles. The first-order chi connectivity index (χ1) is 13.8. The number of nitrogens with zero attached hydrogens (tertiary/aromatic N) is 1. The maximum atomic E-state index is 9.23. The molecule has 0 amide bonds. The van der Waals surface area contributed by atoms with Crippen molar-refractivity contribution in [3.8, 4) is 11.8 Å². The Bertz CT molecular complexity index is 970. The molecular formula is C24H23NO3. The lowest BCUT2D eigenvalue weighted by Gasteiger charge is -2.46. The second-order valence-corrected chi connectivity index (χ2v) is 8.49. The van der Waals surface area contributed by atoms with Crippen LogP contribution >= 0.6 is 0 Å². The Hall–Kier alpha value is -2.35. The molecule has 4 nitrogen and oxygen atoms in total. The smallest absolute Gasteiger partial charge is 0.190 e. The molecule has 3 saturated carbocycles. The van der Waals surface area contributed by atoms with E-state index in [1.165, 1.54) is 30.4 Å². The van der Waals surface area contributed by atoms with Crippen LogP contribution in [0.5, 0.6) is 5.75 Å². The van der Waals surface area contributed by atoms with Crippen molar-refractivity contribution in [3.05, 3.63) is 65.2 Å². The number of hydrogen-bond donors (Lipinski definition) is 0. The predicted octanol–water partition coefficient (Wildman–Crippen LogP) is 3.93. The van der Waals surface area contributed by atoms with Gasteiger partial charge in [0.05, 0.1) is 42.8 Å². The lowest BCUT2D eigenvalue weighted by molar-refractivity contribution is -0.0964. The highest BCUT2D eigenvalue weighted by molar-refractivity contribution is 5.67. The first kappa shape index (κ1) is 16.6. The first-order valence-corrected chi connectivity index (χ1v) is 10.2. The maximum absolute atomic E-state index is 9.23. The Morgan fingerprint density at radius 1 is 0.893 bits per heavy atom. The summed E-state index contributed by atoms with van der Waals surface area (Å²) in [6.45, 7) is 1.30. The minimum Gasteiger partial charge on any atom is -0.497 e. The summed E-state index contributed by atoms with van der Waals surface area (Å²) in [7, 11) is 1.70. The van der Waals surface area contributed by atoms with Gasteiger partial charge >= 0.3 is 0 Å². The van der Waals surface area contributed by atoms with Gasteiger partial charge in [-0.3, -0.25) is 0 Å². The highest BCUT2D eigenvalue weighted by atomic mass is 16.8. The van der Waals surface area contributed by atoms with Gasteiger partial charge in [-0.2, -0.15) is 5.26 Å². The van der Waals surface area contributed by atoms with Gasteiger partial charge < -0.3 is 14.2 Å². The van der Waals surface area contributed by atoms with Crippen LogP contribution in [0.15, 0.2) is 48.5 Å². The van der Waals surface area contributed by atoms with Crippen LogP contribution in [0.2, 0.25) is 0 Å². The summed E-state index contributed by atoms with van der Waals surface area (Å²) in [5.74, 6) is 1.45. The Morgan fingerprint density at radius 2 is 1.43 bits per heavy atom. The van der Waals surface area contributed by atoms with Gasteiger partial charge in [0.15, 0.2) is 5.79 Å². The van der Waals surface area contributed by atoms with Crippen molar-refractivity contribution in [2.24, 2.45) is 11.8 Å². The van der Waals surface area contributed by atoms with Crippen molar-refractivity contribution in [1.82, 2.24) is 0 Å². The Balaban J connectivity index is 1.57. The van der Waals surface area contributed by atoms with Crippen molar-refractivity contribution in [2.75, 3.05) is 20.3 Å². The summed E-state index contributed by atoms with van der Waals surface area (Å²) in [5, 5.41) is 9.23. The third-order valence-corrected chi connectivity index (χ3v) is 7.93. The summed E-state index contributed by atoms with van der Waals surface area (Å²) >= 11 is 0. The number of fused-ring (bicyclic) bond motifs is 6. The zero-order chi connectivity index (χ0) is 19.0. The van der Waals surface area contributed by atoms with Crippen LogP contribution < -0.4 is 4.74 Å². The van der Waals surface area contributed by atoms with Gasteiger partial charge in [-0.15, -0.1) is 0 Å². The van der Waals surface area contributed by atoms with Gasteiger partial charge in [0.1, 0.15) is 5.75 Å². The fourth-order valence-corrected chi connectivity index (χ4v) is 7.32. The molecule has 0 bridgehead atoms. The number of hydrogen-bond acceptors (Lipinski definition) is 4. The highest BCUT2D eigenvalue weighted by Gasteiger charge is 3.02. The first-order valence-electron chi connectivity index (χ1n) is 10.2. The molecule has 4 atom stereocenters. The molecule has 1 aliphatic heterocycles. The SMILES string of the molecule is COc1ccc([C@]23[C@@H]4CCC[C@@H]4[C@@]2(c2ccc(C#N)cc2)C32OCCO2)cc1. The average molecular weight is 373 g/mol. The van der Waals surface area contributed by atoms with Gasteiger partial charge in [-0.05, 0) is 60.1 Å². The fourth-order valence-electron chi connectivity index (χ4n) is 7.32. The van der Waals surface area contributed by atoms with Crippen LogP contribution in [-0.4, -0.2) is 26.1 Å². The summed E-state index contributed by atoms with van der Waals surface area (Å²) in [5.41, 5.74) is 2.95. The van der Waals surface area contributed by atoms with Crippen LogP contribution in [0, 0.1) is 23.2 Å². The maximum Gasteiger partial charge on any atom is 0.190 e. The van der Waals surface area contributed by atoms with Crippen molar-refractivity contribution < 1.29 is 14.2 Å². The van der Waals surface area contributed by atoms with Crippen LogP contribution in [0.1, 0.15) is 36.0 Å². The van der Waals surface area contributed by atoms with E-state index in [9.17, 15) is 5.26 Å². The fraction of sp³-hybridized carbons (Fsp3) is 0.458. The van der Waals surface area contributed by atoms with E-state index in [1.807, 2.05) is 12.1 Å². The minimum atomic E-state index is -0.571. The Labute approximate surface area is 165 Å². The second-order valence-electron chi connectivity index (χ2n) is 8.49. The third kappa shape index (κ3) is 1.51. The third-order valence-electron chi connectivity index (χ3n) is 7.93. The molecule has 2 aromatic rings. The van der Waals surface area contributed by atoms with E-state index in [2.05, 4.69) is 42.5 Å². The van der Waals surface area contributed by atoms with Gasteiger partial charge in [0.2, 0.25) is 0 Å². The molecule has 0 aromatic heterocycles. The molecule has 4 fully saturated rings. The summed E-state index contributed by atoms with van der Waals surface area (Å²) in [6.07, 6.45) is 3.71. The summed E-state index contributed by atoms with van der Waals surface area (Å²) in [4.78, 5) is 0. The molecule has 1 heterocycles. The minimum absolute atomic E-state index is 0.141. The van der Waals surface area contributed by atoms with E-state index in [0.29, 0.717) is 30.6 Å². The molecule has 2 aromatic carbocycles. The number of nitriles is 1. The lowest BCUT2D eigenvalue weighted by Crippen LogP contribution is -2.49. The Kier molecular flexibility index (Phi) is 3.18. The van der Waals surface area contributed by atoms with Crippen molar-refractivity contribution in [3.63, 3.8) is 0 Å². The van der Waals surface area contributed by atoms with Crippen LogP contribution in [0.3, 0.4) is 0 Å². The molecule has 28 heavy (non-hydrogen) atoms. The second kappa shape index (κ2) is 5.37. The summed E-state index contributed by atoms with van der Waals surface area (Å²) in [6, 6.07) is 18.9. The normalized spacial score (nSPS) is 36.3. The monoisotopic (exact) mass is 373 g/mol. The van der Waals surface area contributed by atoms with Gasteiger partial charge in [-0.25, -0.2) is 0 Å². The molecule has 3 aliphatic carbocycles. The molecule has 0 radical (unpaired) electrons. The largest absolute Gasteiger partial charge is 0.497 e. The van der Waals surface area contributed by atoms with Gasteiger partial charge in [0.25, 0.3) is 0 Å². The topological polar surface area (TPSA) is 51.5 Å². The van der Waals surface area contributed by atoms with Gasteiger partial charge in [0, 0.05) is 0 Å². The molecule has 6 rings (SSSR count). The molecule has 0 N–H and O–H groups in total. The number of methoxy groups -OCH3 is 1. The summed E-state index contributed by atoms with van der Waals surface area (Å²) < 4.78 is 18.4. The predicted molar refractivity (Wildman–Crippen MR) is 103 cm³/mol. The van der Waals surface area contributed by atoms with Crippen LogP contribution in [0.4, 0.5) is 0 Å². The molecule has 142 valence electrons. The zero-order valence-corrected chi connectivity index (χ0v) is 16.0. The van der Waals surface area contributed by atoms with Crippen molar-refractivity contribution in [1.29, 1.82) is 5.26 Å². The lowest BCUT2D eigenvalue weighted by atomic mass is 9.54. The van der Waals surface area contributed by atoms with E-state index in [1.54, 1.807) is 7.11 Å². The van der Waals surface area contributed by atoms with Gasteiger partial charge in [-0.1, -0.05) is 30.7 Å². The number of benzene rings is 2. The molecule has 0 unspecified atom stereocenters. The molecule has 1 spiro atoms. The quantitative estimate of drug-likeness (QED) is 0.818. The van der Waals surface area contributed by atoms with E-state index in [-0.39, 0.29) is 10.8 Å².